The van der Waals surface area contributed by atoms with Crippen LogP contribution < -0.4 is 5.32 Å². The van der Waals surface area contributed by atoms with E-state index in [1.54, 1.807) is 17.0 Å². The molecule has 7 heteroatoms. The number of anilines is 1. The third-order valence-electron chi connectivity index (χ3n) is 3.08. The van der Waals surface area contributed by atoms with Gasteiger partial charge in [0, 0.05) is 32.1 Å². The summed E-state index contributed by atoms with van der Waals surface area (Å²) in [5, 5.41) is 11.8. The van der Waals surface area contributed by atoms with Gasteiger partial charge in [-0.05, 0) is 26.0 Å². The summed E-state index contributed by atoms with van der Waals surface area (Å²) >= 11 is 0. The van der Waals surface area contributed by atoms with Crippen LogP contribution in [-0.2, 0) is 9.53 Å². The van der Waals surface area contributed by atoms with Gasteiger partial charge in [0.15, 0.2) is 6.10 Å². The van der Waals surface area contributed by atoms with Gasteiger partial charge in [-0.3, -0.25) is 9.78 Å². The van der Waals surface area contributed by atoms with Crippen molar-refractivity contribution in [2.75, 3.05) is 32.1 Å². The first-order valence-corrected chi connectivity index (χ1v) is 6.78. The van der Waals surface area contributed by atoms with E-state index < -0.39 is 12.1 Å². The molecule has 0 aromatic carbocycles. The molecule has 1 aromatic heterocycles. The Labute approximate surface area is 123 Å². The van der Waals surface area contributed by atoms with Gasteiger partial charge in [0.2, 0.25) is 0 Å². The molecular weight excluding hydrogens is 274 g/mol. The van der Waals surface area contributed by atoms with Crippen LogP contribution in [0.2, 0.25) is 0 Å². The lowest BCUT2D eigenvalue weighted by Gasteiger charge is -2.18. The SMILES string of the molecule is CCN(CC)C(=O)c1cc(NCC(OC)C(=O)O)ccn1. The van der Waals surface area contributed by atoms with Crippen molar-refractivity contribution in [2.24, 2.45) is 0 Å². The number of carboxylic acid groups (broad SMARTS) is 1. The summed E-state index contributed by atoms with van der Waals surface area (Å²) in [6, 6.07) is 3.28. The summed E-state index contributed by atoms with van der Waals surface area (Å²) in [5.41, 5.74) is 0.955. The van der Waals surface area contributed by atoms with Crippen LogP contribution in [0.15, 0.2) is 18.3 Å². The van der Waals surface area contributed by atoms with Gasteiger partial charge in [0.25, 0.3) is 5.91 Å². The number of hydrogen-bond acceptors (Lipinski definition) is 5. The Kier molecular flexibility index (Phi) is 6.61. The molecule has 116 valence electrons. The lowest BCUT2D eigenvalue weighted by Crippen LogP contribution is -2.32. The van der Waals surface area contributed by atoms with Crippen LogP contribution in [0, 0.1) is 0 Å². The first-order chi connectivity index (χ1) is 10.0. The number of carbonyl (C=O) groups excluding carboxylic acids is 1. The average Bonchev–Trinajstić information content (AvgIpc) is 2.49. The fraction of sp³-hybridized carbons (Fsp3) is 0.500. The zero-order chi connectivity index (χ0) is 15.8. The molecule has 0 radical (unpaired) electrons. The van der Waals surface area contributed by atoms with E-state index in [9.17, 15) is 9.59 Å². The van der Waals surface area contributed by atoms with Crippen LogP contribution in [0.5, 0.6) is 0 Å². The number of rotatable bonds is 8. The van der Waals surface area contributed by atoms with E-state index in [4.69, 9.17) is 9.84 Å². The quantitative estimate of drug-likeness (QED) is 0.745. The second-order valence-corrected chi connectivity index (χ2v) is 4.35. The molecule has 0 fully saturated rings. The predicted molar refractivity (Wildman–Crippen MR) is 78.4 cm³/mol. The molecule has 7 nitrogen and oxygen atoms in total. The molecule has 1 heterocycles. The maximum atomic E-state index is 12.2. The molecule has 1 atom stereocenters. The molecular formula is C14H21N3O4. The number of aliphatic carboxylic acids is 1. The standard InChI is InChI=1S/C14H21N3O4/c1-4-17(5-2)13(18)11-8-10(6-7-15-11)16-9-12(21-3)14(19)20/h6-8,12H,4-5,9H2,1-3H3,(H,15,16)(H,19,20). The Morgan fingerprint density at radius 2 is 2.10 bits per heavy atom. The first-order valence-electron chi connectivity index (χ1n) is 6.78. The highest BCUT2D eigenvalue weighted by atomic mass is 16.5. The van der Waals surface area contributed by atoms with E-state index in [0.717, 1.165) is 0 Å². The van der Waals surface area contributed by atoms with Crippen molar-refractivity contribution < 1.29 is 19.4 Å². The Morgan fingerprint density at radius 1 is 1.43 bits per heavy atom. The summed E-state index contributed by atoms with van der Waals surface area (Å²) < 4.78 is 4.83. The number of aromatic nitrogens is 1. The molecule has 1 amide bonds. The number of carbonyl (C=O) groups is 2. The van der Waals surface area contributed by atoms with E-state index in [2.05, 4.69) is 10.3 Å². The van der Waals surface area contributed by atoms with Gasteiger partial charge in [-0.15, -0.1) is 0 Å². The van der Waals surface area contributed by atoms with Gasteiger partial charge in [-0.1, -0.05) is 0 Å². The van der Waals surface area contributed by atoms with E-state index in [0.29, 0.717) is 24.5 Å². The lowest BCUT2D eigenvalue weighted by molar-refractivity contribution is -0.147. The fourth-order valence-corrected chi connectivity index (χ4v) is 1.81. The third kappa shape index (κ3) is 4.71. The normalized spacial score (nSPS) is 11.8. The maximum absolute atomic E-state index is 12.2. The average molecular weight is 295 g/mol. The number of carboxylic acids is 1. The molecule has 0 saturated carbocycles. The van der Waals surface area contributed by atoms with Crippen LogP contribution in [0.3, 0.4) is 0 Å². The van der Waals surface area contributed by atoms with Crippen LogP contribution in [0.1, 0.15) is 24.3 Å². The number of amides is 1. The zero-order valence-corrected chi connectivity index (χ0v) is 12.5. The zero-order valence-electron chi connectivity index (χ0n) is 12.5. The molecule has 1 unspecified atom stereocenters. The van der Waals surface area contributed by atoms with Gasteiger partial charge in [-0.25, -0.2) is 4.79 Å². The first kappa shape index (κ1) is 16.9. The van der Waals surface area contributed by atoms with Gasteiger partial charge < -0.3 is 20.1 Å². The lowest BCUT2D eigenvalue weighted by atomic mass is 10.2. The Bertz CT molecular complexity index is 489. The smallest absolute Gasteiger partial charge is 0.334 e. The minimum Gasteiger partial charge on any atom is -0.479 e. The Morgan fingerprint density at radius 3 is 2.62 bits per heavy atom. The van der Waals surface area contributed by atoms with Crippen molar-refractivity contribution in [1.82, 2.24) is 9.88 Å². The van der Waals surface area contributed by atoms with Crippen LogP contribution in [-0.4, -0.2) is 59.7 Å². The number of nitrogens with one attached hydrogen (secondary N) is 1. The molecule has 21 heavy (non-hydrogen) atoms. The van der Waals surface area contributed by atoms with Crippen molar-refractivity contribution in [3.05, 3.63) is 24.0 Å². The van der Waals surface area contributed by atoms with E-state index >= 15 is 0 Å². The predicted octanol–water partition coefficient (Wildman–Crippen LogP) is 1.08. The number of ether oxygens (including phenoxy) is 1. The van der Waals surface area contributed by atoms with Crippen molar-refractivity contribution in [3.63, 3.8) is 0 Å². The topological polar surface area (TPSA) is 91.8 Å². The van der Waals surface area contributed by atoms with Gasteiger partial charge in [0.05, 0.1) is 6.54 Å². The largest absolute Gasteiger partial charge is 0.479 e. The monoisotopic (exact) mass is 295 g/mol. The molecule has 1 rings (SSSR count). The highest BCUT2D eigenvalue weighted by molar-refractivity contribution is 5.93. The molecule has 0 aliphatic rings. The van der Waals surface area contributed by atoms with E-state index in [1.807, 2.05) is 13.8 Å². The van der Waals surface area contributed by atoms with Crippen LogP contribution >= 0.6 is 0 Å². The fourth-order valence-electron chi connectivity index (χ4n) is 1.81. The summed E-state index contributed by atoms with van der Waals surface area (Å²) in [5.74, 6) is -1.19. The highest BCUT2D eigenvalue weighted by Gasteiger charge is 2.17. The number of hydrogen-bond donors (Lipinski definition) is 2. The molecule has 0 spiro atoms. The Balaban J connectivity index is 2.76. The number of methoxy groups -OCH3 is 1. The molecule has 2 N–H and O–H groups in total. The molecule has 1 aromatic rings. The number of pyridine rings is 1. The summed E-state index contributed by atoms with van der Waals surface area (Å²) in [4.78, 5) is 28.8. The van der Waals surface area contributed by atoms with Crippen molar-refractivity contribution in [2.45, 2.75) is 20.0 Å². The van der Waals surface area contributed by atoms with Crippen molar-refractivity contribution in [3.8, 4) is 0 Å². The third-order valence-corrected chi connectivity index (χ3v) is 3.08. The van der Waals surface area contributed by atoms with E-state index in [1.165, 1.54) is 13.3 Å². The van der Waals surface area contributed by atoms with E-state index in [-0.39, 0.29) is 12.5 Å². The minimum absolute atomic E-state index is 0.106. The van der Waals surface area contributed by atoms with Crippen molar-refractivity contribution >= 4 is 17.6 Å². The van der Waals surface area contributed by atoms with Gasteiger partial charge in [-0.2, -0.15) is 0 Å². The molecule has 0 aliphatic heterocycles. The minimum atomic E-state index is -1.04. The summed E-state index contributed by atoms with van der Waals surface area (Å²) in [7, 11) is 1.34. The highest BCUT2D eigenvalue weighted by Crippen LogP contribution is 2.10. The molecule has 0 aliphatic carbocycles. The summed E-state index contributed by atoms with van der Waals surface area (Å²) in [6.45, 7) is 5.13. The maximum Gasteiger partial charge on any atom is 0.334 e. The second kappa shape index (κ2) is 8.21. The van der Waals surface area contributed by atoms with Crippen LogP contribution in [0.25, 0.3) is 0 Å². The second-order valence-electron chi connectivity index (χ2n) is 4.35. The number of nitrogens with zero attached hydrogens (tertiary/aromatic N) is 2. The van der Waals surface area contributed by atoms with Gasteiger partial charge >= 0.3 is 5.97 Å². The van der Waals surface area contributed by atoms with Crippen molar-refractivity contribution in [1.29, 1.82) is 0 Å². The van der Waals surface area contributed by atoms with Crippen LogP contribution in [0.4, 0.5) is 5.69 Å². The molecule has 0 saturated heterocycles. The molecule has 0 bridgehead atoms. The summed E-state index contributed by atoms with van der Waals surface area (Å²) in [6.07, 6.45) is 0.571. The Hall–Kier alpha value is -2.15. The van der Waals surface area contributed by atoms with Gasteiger partial charge in [0.1, 0.15) is 5.69 Å².